The SMILES string of the molecule is COCC1OC(n2cc(C)c(=O)[nH]c2=O)[CH-]C1C.[Y]. The van der Waals surface area contributed by atoms with E-state index in [1.54, 1.807) is 14.0 Å². The maximum Gasteiger partial charge on any atom is 0.328 e. The number of nitrogens with zero attached hydrogens (tertiary/aromatic N) is 1. The van der Waals surface area contributed by atoms with E-state index in [1.165, 1.54) is 10.8 Å². The molecule has 0 saturated carbocycles. The molecule has 1 radical (unpaired) electrons. The molecule has 1 N–H and O–H groups in total. The van der Waals surface area contributed by atoms with Crippen molar-refractivity contribution in [2.24, 2.45) is 5.92 Å². The van der Waals surface area contributed by atoms with Crippen LogP contribution in [0.4, 0.5) is 0 Å². The van der Waals surface area contributed by atoms with Gasteiger partial charge in [0.1, 0.15) is 0 Å². The molecule has 0 aliphatic carbocycles. The van der Waals surface area contributed by atoms with Crippen LogP contribution in [0.25, 0.3) is 0 Å². The van der Waals surface area contributed by atoms with Crippen molar-refractivity contribution in [2.75, 3.05) is 13.7 Å². The Hall–Kier alpha value is -0.296. The van der Waals surface area contributed by atoms with Crippen molar-refractivity contribution in [3.63, 3.8) is 0 Å². The van der Waals surface area contributed by atoms with Crippen LogP contribution in [0, 0.1) is 19.3 Å². The summed E-state index contributed by atoms with van der Waals surface area (Å²) in [7, 11) is 1.61. The minimum Gasteiger partial charge on any atom is -0.386 e. The molecule has 1 aliphatic rings. The Balaban J connectivity index is 0.00000180. The van der Waals surface area contributed by atoms with Crippen LogP contribution in [0.1, 0.15) is 18.7 Å². The van der Waals surface area contributed by atoms with E-state index in [-0.39, 0.29) is 50.3 Å². The predicted molar refractivity (Wildman–Crippen MR) is 65.3 cm³/mol. The van der Waals surface area contributed by atoms with Gasteiger partial charge in [-0.15, -0.1) is 5.92 Å². The number of rotatable bonds is 3. The third-order valence-electron chi connectivity index (χ3n) is 3.12. The second-order valence-corrected chi connectivity index (χ2v) is 4.55. The zero-order valence-electron chi connectivity index (χ0n) is 11.3. The maximum atomic E-state index is 11.7. The summed E-state index contributed by atoms with van der Waals surface area (Å²) in [6.45, 7) is 4.14. The number of ether oxygens (including phenoxy) is 2. The van der Waals surface area contributed by atoms with E-state index in [0.717, 1.165) is 0 Å². The minimum atomic E-state index is -0.461. The van der Waals surface area contributed by atoms with Gasteiger partial charge in [-0.25, -0.2) is 4.79 Å². The molecular formula is C12H17N2O4Y-. The Morgan fingerprint density at radius 1 is 1.53 bits per heavy atom. The first kappa shape index (κ1) is 16.8. The molecule has 0 amide bonds. The van der Waals surface area contributed by atoms with Gasteiger partial charge in [0.25, 0.3) is 5.56 Å². The Bertz CT molecular complexity index is 539. The molecule has 1 fully saturated rings. The van der Waals surface area contributed by atoms with Crippen LogP contribution < -0.4 is 11.2 Å². The molecule has 103 valence electrons. The number of methoxy groups -OCH3 is 1. The topological polar surface area (TPSA) is 73.3 Å². The van der Waals surface area contributed by atoms with Gasteiger partial charge < -0.3 is 14.0 Å². The van der Waals surface area contributed by atoms with Crippen molar-refractivity contribution >= 4 is 0 Å². The van der Waals surface area contributed by atoms with E-state index < -0.39 is 11.9 Å². The van der Waals surface area contributed by atoms with E-state index in [2.05, 4.69) is 4.98 Å². The first-order chi connectivity index (χ1) is 8.52. The van der Waals surface area contributed by atoms with Crippen molar-refractivity contribution in [3.8, 4) is 0 Å². The van der Waals surface area contributed by atoms with Gasteiger partial charge in [0, 0.05) is 57.8 Å². The van der Waals surface area contributed by atoms with E-state index in [0.29, 0.717) is 12.2 Å². The van der Waals surface area contributed by atoms with Crippen LogP contribution in [-0.2, 0) is 42.2 Å². The average Bonchev–Trinajstić information content (AvgIpc) is 2.66. The third-order valence-corrected chi connectivity index (χ3v) is 3.12. The standard InChI is InChI=1S/C12H17N2O4.Y/c1-7-4-10(18-9(7)6-17-3)14-5-8(2)11(15)13-12(14)16;/h4-5,7,9-10H,6H2,1-3H3,(H,13,15,16);/q-1;. The van der Waals surface area contributed by atoms with Crippen LogP contribution in [0.15, 0.2) is 15.8 Å². The molecule has 6 nitrogen and oxygen atoms in total. The molecule has 2 heterocycles. The van der Waals surface area contributed by atoms with Crippen molar-refractivity contribution in [2.45, 2.75) is 26.2 Å². The first-order valence-corrected chi connectivity index (χ1v) is 5.84. The quantitative estimate of drug-likeness (QED) is 0.798. The Morgan fingerprint density at radius 3 is 2.84 bits per heavy atom. The Labute approximate surface area is 136 Å². The average molecular weight is 342 g/mol. The number of H-pyrrole nitrogens is 1. The second-order valence-electron chi connectivity index (χ2n) is 4.55. The van der Waals surface area contributed by atoms with Crippen molar-refractivity contribution in [1.82, 2.24) is 9.55 Å². The zero-order valence-corrected chi connectivity index (χ0v) is 14.1. The van der Waals surface area contributed by atoms with E-state index >= 15 is 0 Å². The van der Waals surface area contributed by atoms with Crippen LogP contribution in [0.2, 0.25) is 0 Å². The van der Waals surface area contributed by atoms with Gasteiger partial charge in [-0.2, -0.15) is 0 Å². The summed E-state index contributed by atoms with van der Waals surface area (Å²) in [5.41, 5.74) is -0.345. The molecule has 1 aromatic rings. The molecule has 1 aromatic heterocycles. The summed E-state index contributed by atoms with van der Waals surface area (Å²) in [6, 6.07) is 0. The molecule has 0 aromatic carbocycles. The van der Waals surface area contributed by atoms with Gasteiger partial charge in [0.15, 0.2) is 0 Å². The summed E-state index contributed by atoms with van der Waals surface area (Å²) in [5.74, 6) is 0.189. The first-order valence-electron chi connectivity index (χ1n) is 5.84. The minimum absolute atomic E-state index is 0. The molecule has 7 heteroatoms. The van der Waals surface area contributed by atoms with Gasteiger partial charge in [-0.1, -0.05) is 6.92 Å². The van der Waals surface area contributed by atoms with E-state index in [9.17, 15) is 9.59 Å². The Morgan fingerprint density at radius 2 is 2.21 bits per heavy atom. The largest absolute Gasteiger partial charge is 0.386 e. The maximum absolute atomic E-state index is 11.7. The normalized spacial score (nSPS) is 26.2. The molecule has 1 aliphatic heterocycles. The van der Waals surface area contributed by atoms with Gasteiger partial charge in [-0.3, -0.25) is 16.2 Å². The van der Waals surface area contributed by atoms with Gasteiger partial charge >= 0.3 is 5.69 Å². The Kier molecular flexibility index (Phi) is 6.11. The molecule has 1 saturated heterocycles. The number of aryl methyl sites for hydroxylation is 1. The van der Waals surface area contributed by atoms with Crippen molar-refractivity contribution in [1.29, 1.82) is 0 Å². The fourth-order valence-electron chi connectivity index (χ4n) is 2.02. The van der Waals surface area contributed by atoms with E-state index in [1.807, 2.05) is 13.3 Å². The van der Waals surface area contributed by atoms with Crippen molar-refractivity contribution in [3.05, 3.63) is 39.0 Å². The number of aromatic amines is 1. The summed E-state index contributed by atoms with van der Waals surface area (Å²) < 4.78 is 12.2. The van der Waals surface area contributed by atoms with Crippen molar-refractivity contribution < 1.29 is 42.2 Å². The number of hydrogen-bond donors (Lipinski definition) is 1. The molecule has 3 atom stereocenters. The van der Waals surface area contributed by atoms with Crippen LogP contribution in [0.5, 0.6) is 0 Å². The molecule has 2 rings (SSSR count). The van der Waals surface area contributed by atoms with Gasteiger partial charge in [0.05, 0.1) is 12.7 Å². The summed E-state index contributed by atoms with van der Waals surface area (Å²) in [5, 5.41) is 0. The molecule has 0 bridgehead atoms. The van der Waals surface area contributed by atoms with Crippen LogP contribution >= 0.6 is 0 Å². The molecule has 0 spiro atoms. The number of aromatic nitrogens is 2. The fourth-order valence-corrected chi connectivity index (χ4v) is 2.02. The van der Waals surface area contributed by atoms with E-state index in [4.69, 9.17) is 9.47 Å². The molecular weight excluding hydrogens is 325 g/mol. The molecule has 3 unspecified atom stereocenters. The summed E-state index contributed by atoms with van der Waals surface area (Å²) in [4.78, 5) is 25.3. The second kappa shape index (κ2) is 6.93. The van der Waals surface area contributed by atoms with Gasteiger partial charge in [-0.05, 0) is 6.92 Å². The monoisotopic (exact) mass is 342 g/mol. The van der Waals surface area contributed by atoms with Crippen LogP contribution in [-0.4, -0.2) is 29.4 Å². The fraction of sp³-hybridized carbons (Fsp3) is 0.583. The third kappa shape index (κ3) is 3.63. The predicted octanol–water partition coefficient (Wildman–Crippen LogP) is 0.227. The molecule has 19 heavy (non-hydrogen) atoms. The number of nitrogens with one attached hydrogen (secondary N) is 1. The number of hydrogen-bond acceptors (Lipinski definition) is 4. The van der Waals surface area contributed by atoms with Crippen LogP contribution in [0.3, 0.4) is 0 Å². The summed E-state index contributed by atoms with van der Waals surface area (Å²) >= 11 is 0. The van der Waals surface area contributed by atoms with Gasteiger partial charge in [0.2, 0.25) is 0 Å². The summed E-state index contributed by atoms with van der Waals surface area (Å²) in [6.07, 6.45) is 2.93. The zero-order chi connectivity index (χ0) is 13.3. The smallest absolute Gasteiger partial charge is 0.328 e.